The summed E-state index contributed by atoms with van der Waals surface area (Å²) in [5.74, 6) is 1.47. The fourth-order valence-electron chi connectivity index (χ4n) is 2.80. The Morgan fingerprint density at radius 3 is 1.63 bits per heavy atom. The van der Waals surface area contributed by atoms with E-state index in [1.165, 1.54) is 10.4 Å². The van der Waals surface area contributed by atoms with Crippen molar-refractivity contribution in [1.29, 1.82) is 0 Å². The van der Waals surface area contributed by atoms with Crippen molar-refractivity contribution < 1.29 is 17.9 Å². The van der Waals surface area contributed by atoms with Crippen molar-refractivity contribution in [2.45, 2.75) is 31.7 Å². The predicted octanol–water partition coefficient (Wildman–Crippen LogP) is 4.00. The van der Waals surface area contributed by atoms with Gasteiger partial charge in [-0.15, -0.1) is 6.58 Å². The van der Waals surface area contributed by atoms with Crippen LogP contribution in [0.4, 0.5) is 0 Å². The third-order valence-corrected chi connectivity index (χ3v) is 6.71. The normalized spacial score (nSPS) is 12.6. The molecule has 0 N–H and O–H groups in total. The fourth-order valence-corrected chi connectivity index (χ4v) is 4.50. The molecule has 27 heavy (non-hydrogen) atoms. The average Bonchev–Trinajstić information content (AvgIpc) is 2.69. The molecule has 0 aliphatic rings. The highest BCUT2D eigenvalue weighted by molar-refractivity contribution is 7.89. The Bertz CT molecular complexity index is 780. The van der Waals surface area contributed by atoms with Crippen LogP contribution in [0.5, 0.6) is 11.5 Å². The average molecular weight is 390 g/mol. The Morgan fingerprint density at radius 1 is 0.926 bits per heavy atom. The molecule has 146 valence electrons. The predicted molar refractivity (Wildman–Crippen MR) is 108 cm³/mol. The van der Waals surface area contributed by atoms with Crippen LogP contribution in [0.2, 0.25) is 0 Å². The lowest BCUT2D eigenvalue weighted by Gasteiger charge is -2.26. The summed E-state index contributed by atoms with van der Waals surface area (Å²) in [5.41, 5.74) is 1.79. The maximum Gasteiger partial charge on any atom is 0.221 e. The number of nitrogens with zero attached hydrogens (tertiary/aromatic N) is 1. The van der Waals surface area contributed by atoms with Crippen LogP contribution in [0, 0.1) is 0 Å². The molecule has 0 radical (unpaired) electrons. The lowest BCUT2D eigenvalue weighted by atomic mass is 10.2. The van der Waals surface area contributed by atoms with Crippen molar-refractivity contribution in [3.05, 3.63) is 72.3 Å². The van der Waals surface area contributed by atoms with Gasteiger partial charge in [-0.2, -0.15) is 4.31 Å². The Labute approximate surface area is 162 Å². The molecule has 0 saturated carbocycles. The molecule has 0 heterocycles. The second-order valence-electron chi connectivity index (χ2n) is 6.19. The summed E-state index contributed by atoms with van der Waals surface area (Å²) in [6.07, 6.45) is 1.98. The van der Waals surface area contributed by atoms with Crippen molar-refractivity contribution in [2.75, 3.05) is 14.2 Å². The van der Waals surface area contributed by atoms with E-state index in [-0.39, 0.29) is 13.1 Å². The van der Waals surface area contributed by atoms with E-state index in [9.17, 15) is 8.42 Å². The van der Waals surface area contributed by atoms with Crippen LogP contribution in [0.3, 0.4) is 0 Å². The van der Waals surface area contributed by atoms with E-state index in [0.717, 1.165) is 22.6 Å². The van der Waals surface area contributed by atoms with E-state index in [2.05, 4.69) is 6.58 Å². The number of sulfonamides is 1. The van der Waals surface area contributed by atoms with Crippen LogP contribution >= 0.6 is 0 Å². The van der Waals surface area contributed by atoms with Gasteiger partial charge in [0.15, 0.2) is 0 Å². The zero-order valence-electron chi connectivity index (χ0n) is 16.1. The number of hydrogen-bond donors (Lipinski definition) is 0. The molecule has 0 aliphatic carbocycles. The quantitative estimate of drug-likeness (QED) is 0.576. The van der Waals surface area contributed by atoms with E-state index in [1.54, 1.807) is 14.2 Å². The summed E-state index contributed by atoms with van der Waals surface area (Å²) in [7, 11) is -0.333. The van der Waals surface area contributed by atoms with E-state index < -0.39 is 15.3 Å². The minimum absolute atomic E-state index is 0.280. The van der Waals surface area contributed by atoms with Gasteiger partial charge in [-0.05, 0) is 41.8 Å². The topological polar surface area (TPSA) is 55.8 Å². The first-order chi connectivity index (χ1) is 12.9. The molecule has 6 heteroatoms. The van der Waals surface area contributed by atoms with Gasteiger partial charge < -0.3 is 9.47 Å². The molecule has 2 rings (SSSR count). The first-order valence-electron chi connectivity index (χ1n) is 8.82. The first-order valence-corrected chi connectivity index (χ1v) is 10.3. The molecule has 1 atom stereocenters. The minimum Gasteiger partial charge on any atom is -0.497 e. The maximum absolute atomic E-state index is 13.2. The van der Waals surface area contributed by atoms with Crippen molar-refractivity contribution in [2.24, 2.45) is 0 Å². The standard InChI is InChI=1S/C21H27NO4S/c1-5-21(6-2)27(23,24)22(15-17-7-11-19(25-3)12-8-17)16-18-9-13-20(26-4)14-10-18/h5,7-14,21H,1,6,15-16H2,2-4H3/t21-/m1/s1. The lowest BCUT2D eigenvalue weighted by Crippen LogP contribution is -2.37. The summed E-state index contributed by atoms with van der Waals surface area (Å²) in [6.45, 7) is 6.11. The lowest BCUT2D eigenvalue weighted by molar-refractivity contribution is 0.393. The van der Waals surface area contributed by atoms with E-state index in [4.69, 9.17) is 9.47 Å². The Balaban J connectivity index is 2.32. The van der Waals surface area contributed by atoms with Gasteiger partial charge in [0.05, 0.1) is 19.5 Å². The second-order valence-corrected chi connectivity index (χ2v) is 8.34. The minimum atomic E-state index is -3.54. The molecule has 0 aromatic heterocycles. The Kier molecular flexibility index (Phi) is 7.45. The third kappa shape index (κ3) is 5.34. The number of benzene rings is 2. The van der Waals surface area contributed by atoms with Gasteiger partial charge in [0.1, 0.15) is 11.5 Å². The zero-order chi connectivity index (χ0) is 19.9. The number of hydrogen-bond acceptors (Lipinski definition) is 4. The fraction of sp³-hybridized carbons (Fsp3) is 0.333. The Hall–Kier alpha value is -2.31. The van der Waals surface area contributed by atoms with Crippen molar-refractivity contribution in [3.8, 4) is 11.5 Å². The number of methoxy groups -OCH3 is 2. The highest BCUT2D eigenvalue weighted by Crippen LogP contribution is 2.22. The monoisotopic (exact) mass is 389 g/mol. The van der Waals surface area contributed by atoms with E-state index >= 15 is 0 Å². The van der Waals surface area contributed by atoms with Gasteiger partial charge in [0, 0.05) is 13.1 Å². The summed E-state index contributed by atoms with van der Waals surface area (Å²) in [6, 6.07) is 14.8. The summed E-state index contributed by atoms with van der Waals surface area (Å²) in [4.78, 5) is 0. The third-order valence-electron chi connectivity index (χ3n) is 4.44. The van der Waals surface area contributed by atoms with E-state index in [1.807, 2.05) is 55.5 Å². The van der Waals surface area contributed by atoms with Crippen molar-refractivity contribution >= 4 is 10.0 Å². The summed E-state index contributed by atoms with van der Waals surface area (Å²) < 4.78 is 38.2. The largest absolute Gasteiger partial charge is 0.497 e. The molecule has 0 unspecified atom stereocenters. The highest BCUT2D eigenvalue weighted by Gasteiger charge is 2.29. The van der Waals surface area contributed by atoms with Gasteiger partial charge in [0.25, 0.3) is 0 Å². The smallest absolute Gasteiger partial charge is 0.221 e. The highest BCUT2D eigenvalue weighted by atomic mass is 32.2. The van der Waals surface area contributed by atoms with Crippen LogP contribution < -0.4 is 9.47 Å². The van der Waals surface area contributed by atoms with Gasteiger partial charge >= 0.3 is 0 Å². The molecule has 0 fully saturated rings. The van der Waals surface area contributed by atoms with Gasteiger partial charge in [0.2, 0.25) is 10.0 Å². The molecule has 0 aliphatic heterocycles. The molecule has 2 aromatic rings. The van der Waals surface area contributed by atoms with Crippen molar-refractivity contribution in [3.63, 3.8) is 0 Å². The van der Waals surface area contributed by atoms with Crippen LogP contribution in [0.25, 0.3) is 0 Å². The van der Waals surface area contributed by atoms with Gasteiger partial charge in [-0.1, -0.05) is 37.3 Å². The summed E-state index contributed by atoms with van der Waals surface area (Å²) in [5, 5.41) is -0.617. The molecular formula is C21H27NO4S. The van der Waals surface area contributed by atoms with Crippen LogP contribution in [0.15, 0.2) is 61.2 Å². The molecule has 0 saturated heterocycles. The molecule has 0 spiro atoms. The summed E-state index contributed by atoms with van der Waals surface area (Å²) >= 11 is 0. The zero-order valence-corrected chi connectivity index (χ0v) is 16.9. The molecule has 0 bridgehead atoms. The van der Waals surface area contributed by atoms with Gasteiger partial charge in [-0.25, -0.2) is 8.42 Å². The van der Waals surface area contributed by atoms with Crippen molar-refractivity contribution in [1.82, 2.24) is 4.31 Å². The van der Waals surface area contributed by atoms with Gasteiger partial charge in [-0.3, -0.25) is 0 Å². The first kappa shape index (κ1) is 21.0. The van der Waals surface area contributed by atoms with Crippen LogP contribution in [0.1, 0.15) is 24.5 Å². The molecule has 5 nitrogen and oxygen atoms in total. The SMILES string of the molecule is C=C[C@H](CC)S(=O)(=O)N(Cc1ccc(OC)cc1)Cc1ccc(OC)cc1. The molecule has 2 aromatic carbocycles. The Morgan fingerprint density at radius 2 is 1.33 bits per heavy atom. The van der Waals surface area contributed by atoms with E-state index in [0.29, 0.717) is 6.42 Å². The second kappa shape index (κ2) is 9.58. The molecule has 0 amide bonds. The molecular weight excluding hydrogens is 362 g/mol. The maximum atomic E-state index is 13.2. The number of ether oxygens (including phenoxy) is 2. The van der Waals surface area contributed by atoms with Crippen LogP contribution in [-0.4, -0.2) is 32.2 Å². The van der Waals surface area contributed by atoms with Crippen LogP contribution in [-0.2, 0) is 23.1 Å². The number of rotatable bonds is 10.